The van der Waals surface area contributed by atoms with Crippen molar-refractivity contribution < 1.29 is 14.3 Å². The Bertz CT molecular complexity index is 858. The zero-order chi connectivity index (χ0) is 19.4. The van der Waals surface area contributed by atoms with Crippen LogP contribution in [0.15, 0.2) is 55.1 Å². The third kappa shape index (κ3) is 4.03. The molecule has 27 heavy (non-hydrogen) atoms. The van der Waals surface area contributed by atoms with Gasteiger partial charge in [0.1, 0.15) is 5.75 Å². The van der Waals surface area contributed by atoms with E-state index in [0.29, 0.717) is 18.7 Å². The van der Waals surface area contributed by atoms with Crippen molar-refractivity contribution in [2.24, 2.45) is 0 Å². The maximum absolute atomic E-state index is 12.9. The highest BCUT2D eigenvalue weighted by molar-refractivity contribution is 6.01. The average Bonchev–Trinajstić information content (AvgIpc) is 2.94. The van der Waals surface area contributed by atoms with Crippen LogP contribution in [0.5, 0.6) is 5.75 Å². The second-order valence-corrected chi connectivity index (χ2v) is 6.58. The number of anilines is 1. The van der Waals surface area contributed by atoms with E-state index in [1.807, 2.05) is 11.0 Å². The molecule has 0 aliphatic carbocycles. The summed E-state index contributed by atoms with van der Waals surface area (Å²) in [6, 6.07) is 13.2. The van der Waals surface area contributed by atoms with E-state index in [4.69, 9.17) is 4.74 Å². The smallest absolute Gasteiger partial charge is 0.253 e. The molecule has 3 rings (SSSR count). The third-order valence-electron chi connectivity index (χ3n) is 5.01. The number of hydrogen-bond acceptors (Lipinski definition) is 3. The summed E-state index contributed by atoms with van der Waals surface area (Å²) in [4.78, 5) is 28.0. The van der Waals surface area contributed by atoms with Crippen LogP contribution in [0.2, 0.25) is 0 Å². The van der Waals surface area contributed by atoms with Crippen molar-refractivity contribution in [2.45, 2.75) is 12.8 Å². The van der Waals surface area contributed by atoms with Crippen LogP contribution in [0.1, 0.15) is 21.5 Å². The molecule has 5 heteroatoms. The molecule has 0 unspecified atom stereocenters. The molecule has 0 saturated carbocycles. The Kier molecular flexibility index (Phi) is 5.60. The van der Waals surface area contributed by atoms with E-state index in [1.54, 1.807) is 38.4 Å². The molecule has 0 spiro atoms. The fourth-order valence-corrected chi connectivity index (χ4v) is 3.31. The molecule has 1 heterocycles. The van der Waals surface area contributed by atoms with Gasteiger partial charge in [-0.25, -0.2) is 0 Å². The number of methoxy groups -OCH3 is 1. The summed E-state index contributed by atoms with van der Waals surface area (Å²) in [6.45, 7) is 4.86. The number of carbonyl (C=O) groups excluding carboxylic acids is 2. The van der Waals surface area contributed by atoms with Gasteiger partial charge in [-0.3, -0.25) is 9.59 Å². The molecule has 2 amide bonds. The minimum atomic E-state index is -0.185. The predicted octanol–water partition coefficient (Wildman–Crippen LogP) is 3.09. The number of benzene rings is 2. The number of hydrogen-bond donors (Lipinski definition) is 0. The lowest BCUT2D eigenvalue weighted by atomic mass is 10.0. The maximum atomic E-state index is 12.9. The minimum absolute atomic E-state index is 0.0130. The summed E-state index contributed by atoms with van der Waals surface area (Å²) in [5, 5.41) is 0. The number of likely N-dealkylation sites (N-methyl/N-ethyl adjacent to an activating group) is 1. The van der Waals surface area contributed by atoms with Crippen molar-refractivity contribution in [3.63, 3.8) is 0 Å². The molecule has 2 aromatic rings. The molecule has 0 N–H and O–H groups in total. The molecule has 0 bridgehead atoms. The third-order valence-corrected chi connectivity index (χ3v) is 5.01. The normalized spacial score (nSPS) is 13.3. The first kappa shape index (κ1) is 18.7. The molecular weight excluding hydrogens is 340 g/mol. The van der Waals surface area contributed by atoms with Crippen LogP contribution >= 0.6 is 0 Å². The van der Waals surface area contributed by atoms with E-state index in [0.717, 1.165) is 24.3 Å². The Morgan fingerprint density at radius 3 is 2.37 bits per heavy atom. The SMILES string of the molecule is C=CC(=O)N(C)c1ccc(C(=O)N2CCc3ccc(OC)cc3CC2)cc1. The highest BCUT2D eigenvalue weighted by atomic mass is 16.5. The summed E-state index contributed by atoms with van der Waals surface area (Å²) in [5.74, 6) is 0.677. The van der Waals surface area contributed by atoms with Gasteiger partial charge in [0.2, 0.25) is 5.91 Å². The van der Waals surface area contributed by atoms with Crippen molar-refractivity contribution >= 4 is 17.5 Å². The Morgan fingerprint density at radius 1 is 1.07 bits per heavy atom. The first-order valence-electron chi connectivity index (χ1n) is 8.98. The van der Waals surface area contributed by atoms with Crippen LogP contribution in [0.25, 0.3) is 0 Å². The first-order valence-corrected chi connectivity index (χ1v) is 8.98. The molecule has 0 fully saturated rings. The molecule has 0 radical (unpaired) electrons. The lowest BCUT2D eigenvalue weighted by Crippen LogP contribution is -2.33. The van der Waals surface area contributed by atoms with Gasteiger partial charge in [0.15, 0.2) is 0 Å². The number of rotatable bonds is 4. The summed E-state index contributed by atoms with van der Waals surface area (Å²) in [5.41, 5.74) is 3.86. The van der Waals surface area contributed by atoms with Crippen molar-refractivity contribution in [3.8, 4) is 5.75 Å². The van der Waals surface area contributed by atoms with Crippen molar-refractivity contribution in [2.75, 3.05) is 32.1 Å². The molecule has 1 aliphatic heterocycles. The standard InChI is InChI=1S/C22H24N2O3/c1-4-21(25)23(2)19-8-5-17(6-9-19)22(26)24-13-11-16-7-10-20(27-3)15-18(16)12-14-24/h4-10,15H,1,11-14H2,2-3H3. The van der Waals surface area contributed by atoms with Crippen LogP contribution in [-0.4, -0.2) is 44.0 Å². The molecule has 5 nitrogen and oxygen atoms in total. The van der Waals surface area contributed by atoms with Crippen molar-refractivity contribution in [3.05, 3.63) is 71.8 Å². The number of nitrogens with zero attached hydrogens (tertiary/aromatic N) is 2. The van der Waals surface area contributed by atoms with Crippen LogP contribution in [-0.2, 0) is 17.6 Å². The fourth-order valence-electron chi connectivity index (χ4n) is 3.31. The number of carbonyl (C=O) groups is 2. The summed E-state index contributed by atoms with van der Waals surface area (Å²) in [7, 11) is 3.35. The van der Waals surface area contributed by atoms with E-state index in [2.05, 4.69) is 18.7 Å². The zero-order valence-electron chi connectivity index (χ0n) is 15.8. The van der Waals surface area contributed by atoms with Crippen molar-refractivity contribution in [1.82, 2.24) is 4.90 Å². The molecule has 140 valence electrons. The molecule has 1 aliphatic rings. The molecule has 0 saturated heterocycles. The van der Waals surface area contributed by atoms with Gasteiger partial charge in [-0.05, 0) is 66.4 Å². The lowest BCUT2D eigenvalue weighted by Gasteiger charge is -2.21. The fraction of sp³-hybridized carbons (Fsp3) is 0.273. The summed E-state index contributed by atoms with van der Waals surface area (Å²) >= 11 is 0. The predicted molar refractivity (Wildman–Crippen MR) is 106 cm³/mol. The second kappa shape index (κ2) is 8.08. The van der Waals surface area contributed by atoms with Crippen LogP contribution in [0, 0.1) is 0 Å². The van der Waals surface area contributed by atoms with Crippen LogP contribution in [0.4, 0.5) is 5.69 Å². The molecule has 0 aromatic heterocycles. The van der Waals surface area contributed by atoms with Gasteiger partial charge in [-0.2, -0.15) is 0 Å². The highest BCUT2D eigenvalue weighted by Crippen LogP contribution is 2.23. The topological polar surface area (TPSA) is 49.9 Å². The van der Waals surface area contributed by atoms with E-state index in [-0.39, 0.29) is 11.8 Å². The van der Waals surface area contributed by atoms with E-state index < -0.39 is 0 Å². The summed E-state index contributed by atoms with van der Waals surface area (Å²) in [6.07, 6.45) is 2.91. The first-order chi connectivity index (χ1) is 13.0. The Hall–Kier alpha value is -3.08. The van der Waals surface area contributed by atoms with Gasteiger partial charge < -0.3 is 14.5 Å². The van der Waals surface area contributed by atoms with Crippen LogP contribution in [0.3, 0.4) is 0 Å². The maximum Gasteiger partial charge on any atom is 0.253 e. The van der Waals surface area contributed by atoms with Gasteiger partial charge in [0, 0.05) is 31.4 Å². The Morgan fingerprint density at radius 2 is 1.74 bits per heavy atom. The van der Waals surface area contributed by atoms with E-state index in [1.165, 1.54) is 22.1 Å². The highest BCUT2D eigenvalue weighted by Gasteiger charge is 2.20. The average molecular weight is 364 g/mol. The molecule has 2 aromatic carbocycles. The lowest BCUT2D eigenvalue weighted by molar-refractivity contribution is -0.113. The van der Waals surface area contributed by atoms with Crippen molar-refractivity contribution in [1.29, 1.82) is 0 Å². The number of fused-ring (bicyclic) bond motifs is 1. The van der Waals surface area contributed by atoms with Gasteiger partial charge in [-0.1, -0.05) is 12.6 Å². The van der Waals surface area contributed by atoms with E-state index in [9.17, 15) is 9.59 Å². The monoisotopic (exact) mass is 364 g/mol. The van der Waals surface area contributed by atoms with Gasteiger partial charge in [-0.15, -0.1) is 0 Å². The van der Waals surface area contributed by atoms with Crippen LogP contribution < -0.4 is 9.64 Å². The largest absolute Gasteiger partial charge is 0.497 e. The Labute approximate surface area is 159 Å². The van der Waals surface area contributed by atoms with Gasteiger partial charge >= 0.3 is 0 Å². The Balaban J connectivity index is 1.71. The number of ether oxygens (including phenoxy) is 1. The second-order valence-electron chi connectivity index (χ2n) is 6.58. The zero-order valence-corrected chi connectivity index (χ0v) is 15.8. The minimum Gasteiger partial charge on any atom is -0.497 e. The van der Waals surface area contributed by atoms with Gasteiger partial charge in [0.25, 0.3) is 5.91 Å². The molecular formula is C22H24N2O3. The van der Waals surface area contributed by atoms with Gasteiger partial charge in [0.05, 0.1) is 7.11 Å². The summed E-state index contributed by atoms with van der Waals surface area (Å²) < 4.78 is 5.31. The van der Waals surface area contributed by atoms with E-state index >= 15 is 0 Å². The quantitative estimate of drug-likeness (QED) is 0.784. The molecule has 0 atom stereocenters. The number of amides is 2.